The number of hydrogen-bond donors (Lipinski definition) is 0. The lowest BCUT2D eigenvalue weighted by molar-refractivity contribution is 0.0979. The molecule has 0 saturated carbocycles. The molecule has 0 unspecified atom stereocenters. The number of aryl methyl sites for hydroxylation is 1. The van der Waals surface area contributed by atoms with Crippen LogP contribution in [0.25, 0.3) is 0 Å². The number of ether oxygens (including phenoxy) is 2. The predicted molar refractivity (Wildman–Crippen MR) is 62.4 cm³/mol. The second-order valence-corrected chi connectivity index (χ2v) is 3.73. The molecule has 3 heteroatoms. The van der Waals surface area contributed by atoms with Crippen LogP contribution in [0.2, 0.25) is 0 Å². The first-order chi connectivity index (χ1) is 7.74. The summed E-state index contributed by atoms with van der Waals surface area (Å²) in [5.41, 5.74) is 0.631. The van der Waals surface area contributed by atoms with Gasteiger partial charge in [0.05, 0.1) is 6.61 Å². The summed E-state index contributed by atoms with van der Waals surface area (Å²) in [6, 6.07) is 4.88. The van der Waals surface area contributed by atoms with Crippen LogP contribution in [0, 0.1) is 12.7 Å². The van der Waals surface area contributed by atoms with Crippen molar-refractivity contribution in [1.82, 2.24) is 0 Å². The molecular weight excluding hydrogens is 207 g/mol. The average Bonchev–Trinajstić information content (AvgIpc) is 2.28. The second-order valence-electron chi connectivity index (χ2n) is 3.73. The second kappa shape index (κ2) is 7.23. The minimum atomic E-state index is -0.232. The summed E-state index contributed by atoms with van der Waals surface area (Å²) >= 11 is 0. The largest absolute Gasteiger partial charge is 0.491 e. The van der Waals surface area contributed by atoms with Crippen molar-refractivity contribution in [2.75, 3.05) is 19.8 Å². The topological polar surface area (TPSA) is 18.5 Å². The van der Waals surface area contributed by atoms with Crippen LogP contribution >= 0.6 is 0 Å². The zero-order valence-electron chi connectivity index (χ0n) is 9.96. The third kappa shape index (κ3) is 4.62. The summed E-state index contributed by atoms with van der Waals surface area (Å²) in [5, 5.41) is 0. The minimum absolute atomic E-state index is 0.232. The first kappa shape index (κ1) is 13.0. The smallest absolute Gasteiger partial charge is 0.129 e. The Hall–Kier alpha value is -1.09. The lowest BCUT2D eigenvalue weighted by atomic mass is 10.2. The quantitative estimate of drug-likeness (QED) is 0.664. The van der Waals surface area contributed by atoms with Gasteiger partial charge in [0.15, 0.2) is 0 Å². The van der Waals surface area contributed by atoms with Crippen molar-refractivity contribution in [2.45, 2.75) is 26.7 Å². The van der Waals surface area contributed by atoms with Crippen LogP contribution < -0.4 is 4.74 Å². The van der Waals surface area contributed by atoms with Crippen LogP contribution in [0.5, 0.6) is 5.75 Å². The van der Waals surface area contributed by atoms with Gasteiger partial charge in [-0.3, -0.25) is 0 Å². The van der Waals surface area contributed by atoms with Gasteiger partial charge in [0, 0.05) is 12.7 Å². The fourth-order valence-corrected chi connectivity index (χ4v) is 1.23. The molecule has 0 N–H and O–H groups in total. The maximum atomic E-state index is 13.1. The summed E-state index contributed by atoms with van der Waals surface area (Å²) in [6.07, 6.45) is 2.20. The summed E-state index contributed by atoms with van der Waals surface area (Å²) < 4.78 is 23.8. The van der Waals surface area contributed by atoms with Gasteiger partial charge in [0.1, 0.15) is 18.2 Å². The number of benzene rings is 1. The Kier molecular flexibility index (Phi) is 5.86. The van der Waals surface area contributed by atoms with Crippen LogP contribution in [0.3, 0.4) is 0 Å². The third-order valence-electron chi connectivity index (χ3n) is 2.28. The van der Waals surface area contributed by atoms with Gasteiger partial charge < -0.3 is 9.47 Å². The van der Waals surface area contributed by atoms with Crippen molar-refractivity contribution < 1.29 is 13.9 Å². The Labute approximate surface area is 96.4 Å². The van der Waals surface area contributed by atoms with Crippen LogP contribution in [0.4, 0.5) is 4.39 Å². The molecule has 0 saturated heterocycles. The van der Waals surface area contributed by atoms with Crippen molar-refractivity contribution in [1.29, 1.82) is 0 Å². The first-order valence-corrected chi connectivity index (χ1v) is 5.70. The van der Waals surface area contributed by atoms with E-state index in [9.17, 15) is 4.39 Å². The van der Waals surface area contributed by atoms with Gasteiger partial charge in [0.25, 0.3) is 0 Å². The van der Waals surface area contributed by atoms with E-state index in [0.29, 0.717) is 24.5 Å². The van der Waals surface area contributed by atoms with Gasteiger partial charge >= 0.3 is 0 Å². The van der Waals surface area contributed by atoms with Crippen LogP contribution in [-0.4, -0.2) is 19.8 Å². The highest BCUT2D eigenvalue weighted by atomic mass is 19.1. The molecule has 1 rings (SSSR count). The molecule has 0 atom stereocenters. The number of hydrogen-bond acceptors (Lipinski definition) is 2. The van der Waals surface area contributed by atoms with E-state index in [-0.39, 0.29) is 5.82 Å². The lowest BCUT2D eigenvalue weighted by Gasteiger charge is -2.07. The van der Waals surface area contributed by atoms with Gasteiger partial charge in [-0.2, -0.15) is 0 Å². The number of halogens is 1. The molecule has 0 amide bonds. The van der Waals surface area contributed by atoms with E-state index in [0.717, 1.165) is 19.4 Å². The van der Waals surface area contributed by atoms with Gasteiger partial charge in [-0.15, -0.1) is 0 Å². The van der Waals surface area contributed by atoms with Gasteiger partial charge in [-0.1, -0.05) is 19.4 Å². The Morgan fingerprint density at radius 3 is 2.69 bits per heavy atom. The highest BCUT2D eigenvalue weighted by molar-refractivity contribution is 5.27. The minimum Gasteiger partial charge on any atom is -0.491 e. The molecule has 1 aromatic rings. The molecule has 90 valence electrons. The molecule has 0 aliphatic heterocycles. The van der Waals surface area contributed by atoms with Crippen molar-refractivity contribution >= 4 is 0 Å². The van der Waals surface area contributed by atoms with E-state index >= 15 is 0 Å². The number of rotatable bonds is 7. The summed E-state index contributed by atoms with van der Waals surface area (Å²) in [4.78, 5) is 0. The Morgan fingerprint density at radius 1 is 1.19 bits per heavy atom. The van der Waals surface area contributed by atoms with Gasteiger partial charge in [-0.05, 0) is 25.0 Å². The van der Waals surface area contributed by atoms with Crippen molar-refractivity contribution in [3.63, 3.8) is 0 Å². The van der Waals surface area contributed by atoms with E-state index in [1.807, 2.05) is 0 Å². The predicted octanol–water partition coefficient (Wildman–Crippen LogP) is 3.33. The van der Waals surface area contributed by atoms with Crippen molar-refractivity contribution in [3.05, 3.63) is 29.6 Å². The number of unbranched alkanes of at least 4 members (excludes halogenated alkanes) is 1. The Bertz CT molecular complexity index is 313. The van der Waals surface area contributed by atoms with E-state index < -0.39 is 0 Å². The molecule has 0 fully saturated rings. The molecule has 0 aromatic heterocycles. The summed E-state index contributed by atoms with van der Waals surface area (Å²) in [6.45, 7) is 5.63. The average molecular weight is 226 g/mol. The van der Waals surface area contributed by atoms with E-state index in [1.165, 1.54) is 6.07 Å². The van der Waals surface area contributed by atoms with Gasteiger partial charge in [-0.25, -0.2) is 4.39 Å². The molecule has 0 aliphatic carbocycles. The highest BCUT2D eigenvalue weighted by Gasteiger charge is 1.99. The molecule has 1 aromatic carbocycles. The monoisotopic (exact) mass is 226 g/mol. The van der Waals surface area contributed by atoms with Crippen molar-refractivity contribution in [2.24, 2.45) is 0 Å². The first-order valence-electron chi connectivity index (χ1n) is 5.70. The zero-order valence-corrected chi connectivity index (χ0v) is 9.96. The van der Waals surface area contributed by atoms with E-state index in [2.05, 4.69) is 6.92 Å². The highest BCUT2D eigenvalue weighted by Crippen LogP contribution is 2.15. The Morgan fingerprint density at radius 2 is 2.00 bits per heavy atom. The van der Waals surface area contributed by atoms with E-state index in [1.54, 1.807) is 19.1 Å². The normalized spacial score (nSPS) is 10.4. The maximum absolute atomic E-state index is 13.1. The standard InChI is InChI=1S/C13H19FO2/c1-3-4-7-15-8-9-16-12-6-5-11(2)13(14)10-12/h5-6,10H,3-4,7-9H2,1-2H3. The summed E-state index contributed by atoms with van der Waals surface area (Å²) in [7, 11) is 0. The zero-order chi connectivity index (χ0) is 11.8. The Balaban J connectivity index is 2.19. The molecule has 16 heavy (non-hydrogen) atoms. The van der Waals surface area contributed by atoms with Crippen LogP contribution in [0.1, 0.15) is 25.3 Å². The van der Waals surface area contributed by atoms with Gasteiger partial charge in [0.2, 0.25) is 0 Å². The lowest BCUT2D eigenvalue weighted by Crippen LogP contribution is -2.07. The molecule has 0 heterocycles. The molecule has 0 bridgehead atoms. The fourth-order valence-electron chi connectivity index (χ4n) is 1.23. The molecule has 0 aliphatic rings. The molecule has 2 nitrogen and oxygen atoms in total. The molecule has 0 spiro atoms. The SMILES string of the molecule is CCCCOCCOc1ccc(C)c(F)c1. The van der Waals surface area contributed by atoms with Crippen LogP contribution in [0.15, 0.2) is 18.2 Å². The van der Waals surface area contributed by atoms with E-state index in [4.69, 9.17) is 9.47 Å². The third-order valence-corrected chi connectivity index (χ3v) is 2.28. The molecular formula is C13H19FO2. The fraction of sp³-hybridized carbons (Fsp3) is 0.538. The van der Waals surface area contributed by atoms with Crippen molar-refractivity contribution in [3.8, 4) is 5.75 Å². The molecule has 0 radical (unpaired) electrons. The summed E-state index contributed by atoms with van der Waals surface area (Å²) in [5.74, 6) is 0.326. The van der Waals surface area contributed by atoms with Crippen LogP contribution in [-0.2, 0) is 4.74 Å². The maximum Gasteiger partial charge on any atom is 0.129 e.